The minimum atomic E-state index is 0.489. The molecule has 0 amide bonds. The van der Waals surface area contributed by atoms with Crippen LogP contribution in [0, 0.1) is 144 Å². The van der Waals surface area contributed by atoms with E-state index in [4.69, 9.17) is 22.1 Å². The average Bonchev–Trinajstić information content (AvgIpc) is 1.58. The van der Waals surface area contributed by atoms with Crippen LogP contribution in [0.15, 0.2) is 296 Å². The van der Waals surface area contributed by atoms with E-state index in [1.165, 1.54) is 16.7 Å². The fourth-order valence-electron chi connectivity index (χ4n) is 21.2. The monoisotopic (exact) mass is 1890 g/mol. The zero-order chi connectivity index (χ0) is 102. The third kappa shape index (κ3) is 17.7. The molecule has 15 heteroatoms. The summed E-state index contributed by atoms with van der Waals surface area (Å²) in [7, 11) is 10.2. The van der Waals surface area contributed by atoms with Crippen molar-refractivity contribution >= 4 is 110 Å². The Labute approximate surface area is 841 Å². The maximum atomic E-state index is 10.1. The zero-order valence-electron chi connectivity index (χ0n) is 85.8. The van der Waals surface area contributed by atoms with Crippen molar-refractivity contribution in [3.8, 4) is 109 Å². The minimum absolute atomic E-state index is 0.489. The molecule has 15 nitrogen and oxygen atoms in total. The first-order valence-electron chi connectivity index (χ1n) is 49.3. The number of benzene rings is 12. The van der Waals surface area contributed by atoms with E-state index in [2.05, 4.69) is 285 Å². The quantitative estimate of drug-likeness (QED) is 0.0999. The van der Waals surface area contributed by atoms with Crippen LogP contribution in [0.2, 0.25) is 0 Å². The molecule has 0 atom stereocenters. The average molecular weight is 1890 g/mol. The van der Waals surface area contributed by atoms with Gasteiger partial charge in [-0.15, -0.1) is 0 Å². The molecule has 0 bridgehead atoms. The molecule has 12 aromatic carbocycles. The first-order valence-corrected chi connectivity index (χ1v) is 49.3. The van der Waals surface area contributed by atoms with Gasteiger partial charge in [-0.05, 0) is 244 Å². The van der Waals surface area contributed by atoms with Crippen LogP contribution < -0.4 is 22.8 Å². The third-order valence-corrected chi connectivity index (χ3v) is 28.1. The number of furan rings is 5. The lowest BCUT2D eigenvalue weighted by molar-refractivity contribution is -0.660. The van der Waals surface area contributed by atoms with E-state index in [0.29, 0.717) is 40.0 Å². The molecule has 10 aromatic heterocycles. The minimum Gasteiger partial charge on any atom is -0.455 e. The van der Waals surface area contributed by atoms with E-state index >= 15 is 0 Å². The van der Waals surface area contributed by atoms with E-state index in [1.54, 1.807) is 0 Å². The van der Waals surface area contributed by atoms with Gasteiger partial charge in [-0.25, -0.2) is 22.8 Å². The zero-order valence-corrected chi connectivity index (χ0v) is 85.8. The Morgan fingerprint density at radius 2 is 0.556 bits per heavy atom. The molecule has 0 saturated carbocycles. The van der Waals surface area contributed by atoms with E-state index < -0.39 is 0 Å². The molecule has 0 aliphatic carbocycles. The summed E-state index contributed by atoms with van der Waals surface area (Å²) in [4.78, 5) is 0. The molecule has 144 heavy (non-hydrogen) atoms. The normalized spacial score (nSPS) is 11.3. The van der Waals surface area contributed by atoms with E-state index in [-0.39, 0.29) is 0 Å². The number of rotatable bonds is 13. The summed E-state index contributed by atoms with van der Waals surface area (Å²) in [5.41, 5.74) is 41.4. The molecule has 0 aliphatic rings. The van der Waals surface area contributed by atoms with Crippen LogP contribution in [0.1, 0.15) is 142 Å². The molecule has 708 valence electrons. The van der Waals surface area contributed by atoms with Crippen molar-refractivity contribution in [1.82, 2.24) is 0 Å². The second kappa shape index (κ2) is 40.2. The van der Waals surface area contributed by atoms with Crippen molar-refractivity contribution < 1.29 is 44.9 Å². The van der Waals surface area contributed by atoms with Gasteiger partial charge < -0.3 is 22.1 Å². The highest BCUT2D eigenvalue weighted by atomic mass is 16.3. The van der Waals surface area contributed by atoms with Gasteiger partial charge in [-0.2, -0.15) is 26.3 Å². The lowest BCUT2D eigenvalue weighted by Gasteiger charge is -2.12. The van der Waals surface area contributed by atoms with Crippen LogP contribution in [-0.2, 0) is 54.5 Å². The predicted octanol–water partition coefficient (Wildman–Crippen LogP) is 29.8. The number of nitrogens with zero attached hydrogens (tertiary/aromatic N) is 10. The van der Waals surface area contributed by atoms with E-state index in [1.807, 2.05) is 188 Å². The van der Waals surface area contributed by atoms with Crippen LogP contribution in [0.5, 0.6) is 0 Å². The van der Waals surface area contributed by atoms with Gasteiger partial charge >= 0.3 is 0 Å². The van der Waals surface area contributed by atoms with Gasteiger partial charge in [0.25, 0.3) is 0 Å². The first-order chi connectivity index (χ1) is 69.4. The van der Waals surface area contributed by atoms with Gasteiger partial charge in [0.05, 0.1) is 73.8 Å². The molecular formula is C129H117N10O5+5. The molecular weight excluding hydrogens is 1770 g/mol. The fraction of sp³-hybridized carbons (Fsp3) is 0.209. The Kier molecular flexibility index (Phi) is 27.1. The summed E-state index contributed by atoms with van der Waals surface area (Å²) in [5, 5.41) is 59.4. The summed E-state index contributed by atoms with van der Waals surface area (Å²) in [6.07, 6.45) is 13.0. The number of aryl methyl sites for hydroxylation is 15. The maximum Gasteiger partial charge on any atom is 0.216 e. The molecule has 22 rings (SSSR count). The van der Waals surface area contributed by atoms with Crippen molar-refractivity contribution in [3.05, 3.63) is 374 Å². The molecule has 0 aliphatic heterocycles. The van der Waals surface area contributed by atoms with Crippen molar-refractivity contribution in [2.24, 2.45) is 53.0 Å². The highest BCUT2D eigenvalue weighted by Gasteiger charge is 2.32. The van der Waals surface area contributed by atoms with Crippen molar-refractivity contribution in [2.75, 3.05) is 0 Å². The molecule has 0 N–H and O–H groups in total. The summed E-state index contributed by atoms with van der Waals surface area (Å²) < 4.78 is 43.0. The fourth-order valence-corrected chi connectivity index (χ4v) is 21.2. The van der Waals surface area contributed by atoms with Gasteiger partial charge in [0.2, 0.25) is 28.5 Å². The summed E-state index contributed by atoms with van der Waals surface area (Å²) >= 11 is 0. The second-order valence-corrected chi connectivity index (χ2v) is 39.6. The number of fused-ring (bicyclic) bond motifs is 15. The SMILES string of the molecule is Cc1cc(CC(C)C)c2c(oc3c(C)ccc(C#N)c32)c1-c1cccc[n+]1C.Cc1ccc2c(oc3c(C)c(-c4ccccc4)cc(C#N)c32)c1-c1cccc[n+]1C.Cc1ccc2c(oc3c(C)c(CC(C)C)cc(C#N)c32)c1-c1cccc[n+]1C.Cc1ccc2c(oc3c(C)cc(-c4ccccc4)c(C#N)c32)c1-c1cccc[n+]1C.Cc1ccc2c(oc3c(C)cc(CC(C)C)c(C#N)c32)c1-c1cccc[n+]1C. The number of nitriles is 5. The maximum absolute atomic E-state index is 10.1. The lowest BCUT2D eigenvalue weighted by atomic mass is 9.91. The topological polar surface area (TPSA) is 204 Å². The predicted molar refractivity (Wildman–Crippen MR) is 579 cm³/mol. The van der Waals surface area contributed by atoms with Gasteiger partial charge in [0, 0.05) is 126 Å². The molecule has 0 fully saturated rings. The van der Waals surface area contributed by atoms with Gasteiger partial charge in [0.15, 0.2) is 31.0 Å². The Bertz CT molecular complexity index is 9040. The smallest absolute Gasteiger partial charge is 0.216 e. The summed E-state index contributed by atoms with van der Waals surface area (Å²) in [6.45, 7) is 34.1. The van der Waals surface area contributed by atoms with Crippen molar-refractivity contribution in [3.63, 3.8) is 0 Å². The highest BCUT2D eigenvalue weighted by Crippen LogP contribution is 2.49. The number of hydrogen-bond acceptors (Lipinski definition) is 10. The second-order valence-electron chi connectivity index (χ2n) is 39.6. The molecule has 0 spiro atoms. The number of hydrogen-bond donors (Lipinski definition) is 0. The largest absolute Gasteiger partial charge is 0.455 e. The van der Waals surface area contributed by atoms with Crippen molar-refractivity contribution in [1.29, 1.82) is 26.3 Å². The number of pyridine rings is 5. The summed E-state index contributed by atoms with van der Waals surface area (Å²) in [5.74, 6) is 1.53. The molecule has 22 aromatic rings. The van der Waals surface area contributed by atoms with Crippen LogP contribution in [0.25, 0.3) is 188 Å². The standard InChI is InChI=1S/2C27H21N2O.3C25H25N2O/c1-17-12-13-21-25-20(16-28)15-22(19-9-5-4-6-10-19)18(2)26(25)30-27(21)24(17)23-11-7-8-14-29(23)3;1-17-12-13-20-25-22(16-28)21(19-9-5-4-6-10-19)15-18(2)26(25)30-27(20)24(17)23-11-7-8-14-29(23)3;1-15(2)12-18-13-19(14-26)23-20-10-9-16(3)22(21-8-6-7-11-27(21)5)25(20)28-24(23)17(18)4;1-15(2)12-18-13-17(4)24-23(20(18)14-26)19-10-9-16(3)22(25(19)28-24)21-8-6-7-11-27(21)5;1-15(2)12-19-13-17(4)21(20-8-6-7-11-27(20)5)25-23(19)22-18(14-26)10-9-16(3)24(22)28-25/h2*4-15H,1-3H3;3*6-11,13,15H,12H2,1-5H3/q5*+1. The summed E-state index contributed by atoms with van der Waals surface area (Å²) in [6, 6.07) is 94.4. The van der Waals surface area contributed by atoms with Crippen LogP contribution in [0.4, 0.5) is 0 Å². The Balaban J connectivity index is 0.000000118. The number of aromatic nitrogens is 5. The van der Waals surface area contributed by atoms with Crippen LogP contribution in [-0.4, -0.2) is 0 Å². The van der Waals surface area contributed by atoms with E-state index in [0.717, 1.165) is 269 Å². The van der Waals surface area contributed by atoms with Gasteiger partial charge in [-0.1, -0.05) is 169 Å². The van der Waals surface area contributed by atoms with Crippen LogP contribution >= 0.6 is 0 Å². The van der Waals surface area contributed by atoms with Gasteiger partial charge in [-0.3, -0.25) is 0 Å². The Hall–Kier alpha value is -17.2. The third-order valence-electron chi connectivity index (χ3n) is 28.1. The Morgan fingerprint density at radius 3 is 0.951 bits per heavy atom. The molecule has 0 radical (unpaired) electrons. The Morgan fingerprint density at radius 1 is 0.236 bits per heavy atom. The van der Waals surface area contributed by atoms with Crippen molar-refractivity contribution in [2.45, 2.75) is 130 Å². The molecule has 0 unspecified atom stereocenters. The molecule has 0 saturated heterocycles. The van der Waals surface area contributed by atoms with Crippen LogP contribution in [0.3, 0.4) is 0 Å². The lowest BCUT2D eigenvalue weighted by Crippen LogP contribution is -2.30. The molecule has 10 heterocycles. The highest BCUT2D eigenvalue weighted by molar-refractivity contribution is 6.19. The van der Waals surface area contributed by atoms with Gasteiger partial charge in [0.1, 0.15) is 103 Å². The van der Waals surface area contributed by atoms with E-state index in [9.17, 15) is 26.3 Å². The first kappa shape index (κ1) is 97.1.